The number of nitrogens with two attached hydrogens (primary N) is 1. The molecule has 1 saturated heterocycles. The lowest BCUT2D eigenvalue weighted by molar-refractivity contribution is -0.137. The van der Waals surface area contributed by atoms with E-state index in [2.05, 4.69) is 20.4 Å². The average molecular weight is 506 g/mol. The molecular formula is C23H23ClF3N7O. The second-order valence-corrected chi connectivity index (χ2v) is 9.47. The van der Waals surface area contributed by atoms with Crippen molar-refractivity contribution in [3.63, 3.8) is 0 Å². The highest BCUT2D eigenvalue weighted by Gasteiger charge is 2.47. The van der Waals surface area contributed by atoms with Gasteiger partial charge in [0.1, 0.15) is 5.82 Å². The Hall–Kier alpha value is -3.34. The number of hydrogen-bond donors (Lipinski definition) is 2. The van der Waals surface area contributed by atoms with Crippen molar-refractivity contribution in [1.82, 2.24) is 30.0 Å². The summed E-state index contributed by atoms with van der Waals surface area (Å²) in [4.78, 5) is 22.4. The number of aryl methyl sites for hydroxylation is 1. The van der Waals surface area contributed by atoms with E-state index in [4.69, 9.17) is 17.3 Å². The molecule has 184 valence electrons. The van der Waals surface area contributed by atoms with Crippen LogP contribution in [0.5, 0.6) is 0 Å². The highest BCUT2D eigenvalue weighted by molar-refractivity contribution is 6.31. The summed E-state index contributed by atoms with van der Waals surface area (Å²) in [6, 6.07) is 4.06. The number of likely N-dealkylation sites (tertiary alicyclic amines) is 1. The molecule has 0 aromatic carbocycles. The minimum absolute atomic E-state index is 0.196. The maximum atomic E-state index is 13.3. The first-order valence-corrected chi connectivity index (χ1v) is 11.5. The summed E-state index contributed by atoms with van der Waals surface area (Å²) >= 11 is 6.20. The Balaban J connectivity index is 1.34. The van der Waals surface area contributed by atoms with Crippen LogP contribution in [0.3, 0.4) is 0 Å². The van der Waals surface area contributed by atoms with E-state index in [9.17, 15) is 18.0 Å². The molecular weight excluding hydrogens is 483 g/mol. The van der Waals surface area contributed by atoms with Crippen LogP contribution in [-0.4, -0.2) is 43.8 Å². The van der Waals surface area contributed by atoms with Crippen LogP contribution in [0.15, 0.2) is 36.8 Å². The maximum Gasteiger partial charge on any atom is 0.419 e. The number of nitrogens with zero attached hydrogens (tertiary/aromatic N) is 5. The lowest BCUT2D eigenvalue weighted by Gasteiger charge is -2.25. The molecule has 12 heteroatoms. The molecule has 2 amide bonds. The Morgan fingerprint density at radius 2 is 2.03 bits per heavy atom. The Kier molecular flexibility index (Phi) is 5.62. The van der Waals surface area contributed by atoms with Crippen molar-refractivity contribution < 1.29 is 18.0 Å². The molecule has 35 heavy (non-hydrogen) atoms. The van der Waals surface area contributed by atoms with E-state index in [-0.39, 0.29) is 23.1 Å². The normalized spacial score (nSPS) is 20.3. The molecule has 1 fully saturated rings. The number of fused-ring (bicyclic) bond motifs is 2. The molecule has 0 saturated carbocycles. The van der Waals surface area contributed by atoms with Crippen LogP contribution in [-0.2, 0) is 18.1 Å². The molecule has 3 N–H and O–H groups in total. The van der Waals surface area contributed by atoms with Crippen LogP contribution in [0.4, 0.5) is 23.8 Å². The van der Waals surface area contributed by atoms with Gasteiger partial charge < -0.3 is 16.0 Å². The van der Waals surface area contributed by atoms with Crippen molar-refractivity contribution in [2.45, 2.75) is 43.9 Å². The smallest absolute Gasteiger partial charge is 0.383 e. The van der Waals surface area contributed by atoms with E-state index in [0.29, 0.717) is 30.4 Å². The lowest BCUT2D eigenvalue weighted by atomic mass is 9.82. The van der Waals surface area contributed by atoms with Crippen LogP contribution >= 0.6 is 11.6 Å². The van der Waals surface area contributed by atoms with Gasteiger partial charge in [-0.05, 0) is 43.5 Å². The Bertz CT molecular complexity index is 1290. The Morgan fingerprint density at radius 1 is 1.26 bits per heavy atom. The summed E-state index contributed by atoms with van der Waals surface area (Å²) in [6.45, 7) is 3.54. The summed E-state index contributed by atoms with van der Waals surface area (Å²) in [6.07, 6.45) is 1.40. The number of alkyl halides is 3. The lowest BCUT2D eigenvalue weighted by Crippen LogP contribution is -2.41. The molecule has 2 aliphatic rings. The van der Waals surface area contributed by atoms with E-state index in [0.717, 1.165) is 30.2 Å². The number of aromatic nitrogens is 4. The number of nitrogen functional groups attached to an aromatic ring is 1. The van der Waals surface area contributed by atoms with Crippen molar-refractivity contribution in [1.29, 1.82) is 0 Å². The van der Waals surface area contributed by atoms with Crippen LogP contribution in [0.2, 0.25) is 5.02 Å². The first kappa shape index (κ1) is 23.4. The van der Waals surface area contributed by atoms with Gasteiger partial charge in [0.25, 0.3) is 0 Å². The molecule has 0 aliphatic carbocycles. The zero-order valence-corrected chi connectivity index (χ0v) is 19.6. The van der Waals surface area contributed by atoms with Crippen LogP contribution in [0, 0.1) is 0 Å². The number of nitrogens with one attached hydrogen (secondary N) is 1. The van der Waals surface area contributed by atoms with Crippen molar-refractivity contribution in [3.05, 3.63) is 58.6 Å². The zero-order valence-electron chi connectivity index (χ0n) is 18.8. The fourth-order valence-corrected chi connectivity index (χ4v) is 5.28. The van der Waals surface area contributed by atoms with Crippen molar-refractivity contribution in [2.75, 3.05) is 18.8 Å². The summed E-state index contributed by atoms with van der Waals surface area (Å²) in [7, 11) is 0. The van der Waals surface area contributed by atoms with Crippen LogP contribution in [0.25, 0.3) is 11.3 Å². The standard InChI is InChI=1S/C23H23ClF3N7O/c1-13(15-2-5-29-11-17(15)24)31-21(35)33-6-3-22(12-33)4-7-34-19(22)9-18(32-34)14-8-16(23(25,26)27)20(28)30-10-14/h2,5,8-11,13H,3-4,6-7,12H2,1H3,(H2,28,30)(H,31,35)/t13-,22-/m1/s1. The number of carbonyl (C=O) groups excluding carboxylic acids is 1. The van der Waals surface area contributed by atoms with Crippen molar-refractivity contribution >= 4 is 23.4 Å². The molecule has 1 spiro atoms. The minimum atomic E-state index is -4.60. The molecule has 3 aromatic heterocycles. The van der Waals surface area contributed by atoms with Gasteiger partial charge in [-0.3, -0.25) is 9.67 Å². The van der Waals surface area contributed by atoms with Gasteiger partial charge in [0, 0.05) is 54.9 Å². The van der Waals surface area contributed by atoms with E-state index in [1.807, 2.05) is 11.6 Å². The number of pyridine rings is 2. The van der Waals surface area contributed by atoms with Crippen molar-refractivity contribution in [3.8, 4) is 11.3 Å². The predicted molar refractivity (Wildman–Crippen MR) is 124 cm³/mol. The van der Waals surface area contributed by atoms with Crippen molar-refractivity contribution in [2.24, 2.45) is 0 Å². The number of rotatable bonds is 3. The highest BCUT2D eigenvalue weighted by Crippen LogP contribution is 2.44. The molecule has 0 unspecified atom stereocenters. The van der Waals surface area contributed by atoms with Gasteiger partial charge in [-0.25, -0.2) is 9.78 Å². The van der Waals surface area contributed by atoms with Gasteiger partial charge in [-0.15, -0.1) is 0 Å². The molecule has 0 radical (unpaired) electrons. The topological polar surface area (TPSA) is 102 Å². The van der Waals surface area contributed by atoms with Gasteiger partial charge in [-0.2, -0.15) is 18.3 Å². The molecule has 3 aromatic rings. The Morgan fingerprint density at radius 3 is 2.77 bits per heavy atom. The molecule has 2 aliphatic heterocycles. The van der Waals surface area contributed by atoms with Gasteiger partial charge in [-0.1, -0.05) is 11.6 Å². The number of halogens is 4. The molecule has 5 heterocycles. The number of hydrogen-bond acceptors (Lipinski definition) is 5. The van der Waals surface area contributed by atoms with Crippen LogP contribution in [0.1, 0.15) is 42.6 Å². The second kappa shape index (κ2) is 8.40. The number of amides is 2. The summed E-state index contributed by atoms with van der Waals surface area (Å²) in [5.74, 6) is -0.566. The SMILES string of the molecule is C[C@@H](NC(=O)N1CC[C@@]2(CCn3nc(-c4cnc(N)c(C(F)(F)F)c4)cc32)C1)c1ccncc1Cl. The van der Waals surface area contributed by atoms with E-state index in [1.165, 1.54) is 12.4 Å². The zero-order chi connectivity index (χ0) is 25.0. The van der Waals surface area contributed by atoms with Crippen LogP contribution < -0.4 is 11.1 Å². The summed E-state index contributed by atoms with van der Waals surface area (Å²) < 4.78 is 41.7. The third-order valence-corrected chi connectivity index (χ3v) is 7.21. The largest absolute Gasteiger partial charge is 0.419 e. The fourth-order valence-electron chi connectivity index (χ4n) is 5.00. The first-order valence-electron chi connectivity index (χ1n) is 11.1. The second-order valence-electron chi connectivity index (χ2n) is 9.06. The number of anilines is 1. The molecule has 5 rings (SSSR count). The predicted octanol–water partition coefficient (Wildman–Crippen LogP) is 4.41. The van der Waals surface area contributed by atoms with Gasteiger partial charge in [0.15, 0.2) is 0 Å². The third-order valence-electron chi connectivity index (χ3n) is 6.90. The fraction of sp³-hybridized carbons (Fsp3) is 0.391. The van der Waals surface area contributed by atoms with E-state index in [1.54, 1.807) is 23.2 Å². The van der Waals surface area contributed by atoms with E-state index < -0.39 is 17.6 Å². The quantitative estimate of drug-likeness (QED) is 0.549. The first-order chi connectivity index (χ1) is 16.6. The van der Waals surface area contributed by atoms with Gasteiger partial charge in [0.05, 0.1) is 22.3 Å². The monoisotopic (exact) mass is 505 g/mol. The van der Waals surface area contributed by atoms with Gasteiger partial charge in [0.2, 0.25) is 0 Å². The number of urea groups is 1. The molecule has 8 nitrogen and oxygen atoms in total. The number of carbonyl (C=O) groups is 1. The van der Waals surface area contributed by atoms with E-state index >= 15 is 0 Å². The molecule has 0 bridgehead atoms. The average Bonchev–Trinajstić information content (AvgIpc) is 3.50. The Labute approximate surface area is 204 Å². The maximum absolute atomic E-state index is 13.3. The third kappa shape index (κ3) is 4.18. The molecule has 2 atom stereocenters. The minimum Gasteiger partial charge on any atom is -0.383 e. The van der Waals surface area contributed by atoms with Gasteiger partial charge >= 0.3 is 12.2 Å². The summed E-state index contributed by atoms with van der Waals surface area (Å²) in [5.41, 5.74) is 6.50. The summed E-state index contributed by atoms with van der Waals surface area (Å²) in [5, 5.41) is 8.00. The highest BCUT2D eigenvalue weighted by atomic mass is 35.5.